The van der Waals surface area contributed by atoms with E-state index in [0.29, 0.717) is 23.5 Å². The zero-order valence-corrected chi connectivity index (χ0v) is 19.2. The Morgan fingerprint density at radius 3 is 2.77 bits per heavy atom. The summed E-state index contributed by atoms with van der Waals surface area (Å²) in [5, 5.41) is 3.51. The van der Waals surface area contributed by atoms with Gasteiger partial charge in [0.05, 0.1) is 17.6 Å². The molecule has 3 aliphatic rings. The molecule has 3 fully saturated rings. The minimum absolute atomic E-state index is 0. The Bertz CT molecular complexity index is 592. The van der Waals surface area contributed by atoms with Crippen LogP contribution in [0.15, 0.2) is 4.99 Å². The van der Waals surface area contributed by atoms with Gasteiger partial charge in [0, 0.05) is 32.8 Å². The smallest absolute Gasteiger partial charge is 0.194 e. The summed E-state index contributed by atoms with van der Waals surface area (Å²) in [6, 6.07) is 0. The standard InChI is InChI=1S/C18H33N3O3S.HI/c1-3-18(2)7-8-21(14-18)17(20-12-16-5-4-9-24-16)19-11-15-6-10-25(22,23)13-15;/h15-16H,3-14H2,1-2H3,(H,19,20);1H. The lowest BCUT2D eigenvalue weighted by atomic mass is 9.87. The highest BCUT2D eigenvalue weighted by atomic mass is 127. The SMILES string of the molecule is CCC1(C)CCN(C(=NCC2CCS(=O)(=O)C2)NCC2CCCO2)C1.I. The number of aliphatic imine (C=N–C) groups is 1. The number of halogens is 1. The summed E-state index contributed by atoms with van der Waals surface area (Å²) < 4.78 is 29.1. The molecule has 3 saturated heterocycles. The van der Waals surface area contributed by atoms with Gasteiger partial charge in [0.1, 0.15) is 0 Å². The largest absolute Gasteiger partial charge is 0.376 e. The second kappa shape index (κ2) is 9.41. The Kier molecular flexibility index (Phi) is 8.03. The molecule has 3 unspecified atom stereocenters. The van der Waals surface area contributed by atoms with Gasteiger partial charge in [-0.1, -0.05) is 13.8 Å². The highest BCUT2D eigenvalue weighted by molar-refractivity contribution is 14.0. The fraction of sp³-hybridized carbons (Fsp3) is 0.944. The molecule has 8 heteroatoms. The van der Waals surface area contributed by atoms with Gasteiger partial charge in [-0.05, 0) is 43.4 Å². The predicted molar refractivity (Wildman–Crippen MR) is 116 cm³/mol. The number of guanidine groups is 1. The third kappa shape index (κ3) is 5.95. The zero-order chi connectivity index (χ0) is 17.9. The second-order valence-electron chi connectivity index (χ2n) is 8.29. The van der Waals surface area contributed by atoms with E-state index in [1.165, 1.54) is 12.8 Å². The number of hydrogen-bond donors (Lipinski definition) is 1. The summed E-state index contributed by atoms with van der Waals surface area (Å²) in [6.07, 6.45) is 5.62. The minimum atomic E-state index is -2.83. The number of likely N-dealkylation sites (tertiary alicyclic amines) is 1. The summed E-state index contributed by atoms with van der Waals surface area (Å²) >= 11 is 0. The number of rotatable bonds is 5. The van der Waals surface area contributed by atoms with E-state index in [4.69, 9.17) is 9.73 Å². The summed E-state index contributed by atoms with van der Waals surface area (Å²) in [4.78, 5) is 7.17. The Hall–Kier alpha value is -0.0900. The Labute approximate surface area is 175 Å². The van der Waals surface area contributed by atoms with E-state index >= 15 is 0 Å². The lowest BCUT2D eigenvalue weighted by Crippen LogP contribution is -2.44. The van der Waals surface area contributed by atoms with E-state index in [1.807, 2.05) is 0 Å². The summed E-state index contributed by atoms with van der Waals surface area (Å²) in [5.41, 5.74) is 0.350. The van der Waals surface area contributed by atoms with Crippen molar-refractivity contribution in [1.29, 1.82) is 0 Å². The molecular formula is C18H34IN3O3S. The first-order valence-corrected chi connectivity index (χ1v) is 11.6. The fourth-order valence-electron chi connectivity index (χ4n) is 4.00. The Balaban J connectivity index is 0.00000243. The van der Waals surface area contributed by atoms with E-state index in [9.17, 15) is 8.42 Å². The van der Waals surface area contributed by atoms with Gasteiger partial charge in [-0.25, -0.2) is 8.42 Å². The van der Waals surface area contributed by atoms with Crippen LogP contribution in [0, 0.1) is 11.3 Å². The van der Waals surface area contributed by atoms with Crippen LogP contribution in [-0.2, 0) is 14.6 Å². The number of nitrogens with one attached hydrogen (secondary N) is 1. The third-order valence-corrected chi connectivity index (χ3v) is 7.89. The molecule has 26 heavy (non-hydrogen) atoms. The van der Waals surface area contributed by atoms with Crippen LogP contribution in [0.4, 0.5) is 0 Å². The van der Waals surface area contributed by atoms with Crippen LogP contribution in [0.1, 0.15) is 46.0 Å². The van der Waals surface area contributed by atoms with Crippen molar-refractivity contribution in [3.8, 4) is 0 Å². The van der Waals surface area contributed by atoms with Crippen LogP contribution in [0.5, 0.6) is 0 Å². The van der Waals surface area contributed by atoms with Gasteiger partial charge in [0.25, 0.3) is 0 Å². The molecule has 6 nitrogen and oxygen atoms in total. The van der Waals surface area contributed by atoms with Gasteiger partial charge >= 0.3 is 0 Å². The lowest BCUT2D eigenvalue weighted by molar-refractivity contribution is 0.113. The van der Waals surface area contributed by atoms with Crippen LogP contribution in [0.2, 0.25) is 0 Å². The van der Waals surface area contributed by atoms with Crippen molar-refractivity contribution < 1.29 is 13.2 Å². The van der Waals surface area contributed by atoms with E-state index in [1.54, 1.807) is 0 Å². The molecule has 0 aromatic carbocycles. The molecule has 1 N–H and O–H groups in total. The maximum atomic E-state index is 11.7. The monoisotopic (exact) mass is 499 g/mol. The van der Waals surface area contributed by atoms with Gasteiger partial charge in [0.15, 0.2) is 15.8 Å². The van der Waals surface area contributed by atoms with E-state index in [2.05, 4.69) is 24.1 Å². The van der Waals surface area contributed by atoms with Crippen LogP contribution < -0.4 is 5.32 Å². The van der Waals surface area contributed by atoms with Gasteiger partial charge in [-0.3, -0.25) is 4.99 Å². The van der Waals surface area contributed by atoms with Crippen molar-refractivity contribution in [2.75, 3.05) is 44.3 Å². The topological polar surface area (TPSA) is 71.0 Å². The van der Waals surface area contributed by atoms with E-state index in [-0.39, 0.29) is 36.0 Å². The Morgan fingerprint density at radius 1 is 1.38 bits per heavy atom. The predicted octanol–water partition coefficient (Wildman–Crippen LogP) is 2.29. The molecule has 0 aromatic heterocycles. The Morgan fingerprint density at radius 2 is 2.19 bits per heavy atom. The average molecular weight is 499 g/mol. The van der Waals surface area contributed by atoms with Crippen LogP contribution >= 0.6 is 24.0 Å². The first-order valence-electron chi connectivity index (χ1n) is 9.74. The van der Waals surface area contributed by atoms with Crippen molar-refractivity contribution in [2.45, 2.75) is 52.1 Å². The molecular weight excluding hydrogens is 465 g/mol. The second-order valence-corrected chi connectivity index (χ2v) is 10.5. The number of ether oxygens (including phenoxy) is 1. The molecule has 152 valence electrons. The third-order valence-electron chi connectivity index (χ3n) is 6.05. The molecule has 0 bridgehead atoms. The van der Waals surface area contributed by atoms with Crippen molar-refractivity contribution >= 4 is 39.8 Å². The number of nitrogens with zero attached hydrogens (tertiary/aromatic N) is 2. The van der Waals surface area contributed by atoms with Crippen molar-refractivity contribution in [3.63, 3.8) is 0 Å². The van der Waals surface area contributed by atoms with E-state index < -0.39 is 9.84 Å². The quantitative estimate of drug-likeness (QED) is 0.357. The molecule has 0 spiro atoms. The highest BCUT2D eigenvalue weighted by Gasteiger charge is 2.34. The highest BCUT2D eigenvalue weighted by Crippen LogP contribution is 2.33. The average Bonchev–Trinajstić information content (AvgIpc) is 3.29. The van der Waals surface area contributed by atoms with Gasteiger partial charge in [0.2, 0.25) is 0 Å². The lowest BCUT2D eigenvalue weighted by Gasteiger charge is -2.26. The first-order chi connectivity index (χ1) is 11.9. The summed E-state index contributed by atoms with van der Waals surface area (Å²) in [6.45, 7) is 8.89. The molecule has 3 aliphatic heterocycles. The minimum Gasteiger partial charge on any atom is -0.376 e. The molecule has 3 heterocycles. The molecule has 0 amide bonds. The molecule has 0 radical (unpaired) electrons. The van der Waals surface area contributed by atoms with Crippen LogP contribution in [0.25, 0.3) is 0 Å². The van der Waals surface area contributed by atoms with E-state index in [0.717, 1.165) is 51.5 Å². The fourth-order valence-corrected chi connectivity index (χ4v) is 5.85. The first kappa shape index (κ1) is 22.2. The molecule has 0 aromatic rings. The van der Waals surface area contributed by atoms with Crippen molar-refractivity contribution in [1.82, 2.24) is 10.2 Å². The van der Waals surface area contributed by atoms with Crippen molar-refractivity contribution in [2.24, 2.45) is 16.3 Å². The van der Waals surface area contributed by atoms with Crippen LogP contribution in [0.3, 0.4) is 0 Å². The molecule has 3 atom stereocenters. The molecule has 3 rings (SSSR count). The summed E-state index contributed by atoms with van der Waals surface area (Å²) in [5.74, 6) is 1.73. The van der Waals surface area contributed by atoms with Crippen molar-refractivity contribution in [3.05, 3.63) is 0 Å². The van der Waals surface area contributed by atoms with Crippen LogP contribution in [-0.4, -0.2) is 69.7 Å². The zero-order valence-electron chi connectivity index (χ0n) is 16.1. The summed E-state index contributed by atoms with van der Waals surface area (Å²) in [7, 11) is -2.83. The van der Waals surface area contributed by atoms with Gasteiger partial charge in [-0.15, -0.1) is 24.0 Å². The molecule has 0 saturated carbocycles. The molecule has 0 aliphatic carbocycles. The van der Waals surface area contributed by atoms with Gasteiger partial charge in [-0.2, -0.15) is 0 Å². The normalized spacial score (nSPS) is 34.1. The maximum Gasteiger partial charge on any atom is 0.194 e. The van der Waals surface area contributed by atoms with Gasteiger partial charge < -0.3 is 15.0 Å². The maximum absolute atomic E-state index is 11.7. The number of hydrogen-bond acceptors (Lipinski definition) is 4. The number of sulfone groups is 1.